The minimum Gasteiger partial charge on any atom is -0.355 e. The van der Waals surface area contributed by atoms with Crippen LogP contribution in [0.15, 0.2) is 71.6 Å². The molecule has 2 amide bonds. The molecule has 9 heteroatoms. The van der Waals surface area contributed by atoms with Gasteiger partial charge in [-0.25, -0.2) is 8.42 Å². The standard InChI is InChI=1S/C30H36ClN3O4S/c1-6-27(30(36)32-7-2)33(19-24-12-8-9-13-26(24)31)29(35)20-34(28-14-10-11-22(4)23(28)5)39(37,38)25-17-15-21(3)16-18-25/h8-18,27H,6-7,19-20H2,1-5H3,(H,32,36). The van der Waals surface area contributed by atoms with Crippen LogP contribution in [0.4, 0.5) is 5.69 Å². The second-order valence-electron chi connectivity index (χ2n) is 9.48. The first-order valence-corrected chi connectivity index (χ1v) is 14.8. The summed E-state index contributed by atoms with van der Waals surface area (Å²) in [5, 5.41) is 3.26. The molecule has 0 bridgehead atoms. The van der Waals surface area contributed by atoms with E-state index in [9.17, 15) is 18.0 Å². The molecule has 1 N–H and O–H groups in total. The van der Waals surface area contributed by atoms with Crippen molar-refractivity contribution < 1.29 is 18.0 Å². The van der Waals surface area contributed by atoms with Crippen molar-refractivity contribution in [2.75, 3.05) is 17.4 Å². The first kappa shape index (κ1) is 30.2. The van der Waals surface area contributed by atoms with E-state index in [2.05, 4.69) is 5.32 Å². The van der Waals surface area contributed by atoms with E-state index in [0.717, 1.165) is 21.0 Å². The number of amides is 2. The Morgan fingerprint density at radius 3 is 2.21 bits per heavy atom. The number of nitrogens with one attached hydrogen (secondary N) is 1. The minimum atomic E-state index is -4.12. The van der Waals surface area contributed by atoms with E-state index in [4.69, 9.17) is 11.6 Å². The highest BCUT2D eigenvalue weighted by Gasteiger charge is 2.34. The third kappa shape index (κ3) is 6.99. The molecule has 1 unspecified atom stereocenters. The molecular formula is C30H36ClN3O4S. The maximum atomic E-state index is 14.1. The van der Waals surface area contributed by atoms with Crippen molar-refractivity contribution >= 4 is 39.1 Å². The van der Waals surface area contributed by atoms with Crippen molar-refractivity contribution in [2.24, 2.45) is 0 Å². The Balaban J connectivity index is 2.12. The van der Waals surface area contributed by atoms with Crippen molar-refractivity contribution in [3.63, 3.8) is 0 Å². The molecule has 0 heterocycles. The van der Waals surface area contributed by atoms with Gasteiger partial charge in [-0.05, 0) is 75.1 Å². The normalized spacial score (nSPS) is 12.1. The van der Waals surface area contributed by atoms with Crippen LogP contribution in [-0.2, 0) is 26.2 Å². The van der Waals surface area contributed by atoms with E-state index >= 15 is 0 Å². The van der Waals surface area contributed by atoms with Crippen LogP contribution < -0.4 is 9.62 Å². The average Bonchev–Trinajstić information content (AvgIpc) is 2.90. The molecule has 0 aromatic heterocycles. The number of aryl methyl sites for hydroxylation is 2. The summed E-state index contributed by atoms with van der Waals surface area (Å²) in [5.41, 5.74) is 3.63. The third-order valence-electron chi connectivity index (χ3n) is 6.77. The molecular weight excluding hydrogens is 534 g/mol. The number of anilines is 1. The molecule has 1 atom stereocenters. The fraction of sp³-hybridized carbons (Fsp3) is 0.333. The number of carbonyl (C=O) groups excluding carboxylic acids is 2. The molecule has 0 saturated heterocycles. The Hall–Kier alpha value is -3.36. The number of benzene rings is 3. The van der Waals surface area contributed by atoms with E-state index < -0.39 is 28.5 Å². The van der Waals surface area contributed by atoms with E-state index in [1.165, 1.54) is 4.90 Å². The first-order valence-electron chi connectivity index (χ1n) is 13.0. The second-order valence-corrected chi connectivity index (χ2v) is 11.7. The van der Waals surface area contributed by atoms with E-state index in [1.807, 2.05) is 33.8 Å². The van der Waals surface area contributed by atoms with Crippen LogP contribution in [-0.4, -0.2) is 44.3 Å². The predicted octanol–water partition coefficient (Wildman–Crippen LogP) is 5.40. The molecule has 0 fully saturated rings. The summed E-state index contributed by atoms with van der Waals surface area (Å²) in [6, 6.07) is 18.2. The number of rotatable bonds is 11. The molecule has 0 aliphatic heterocycles. The fourth-order valence-corrected chi connectivity index (χ4v) is 6.05. The van der Waals surface area contributed by atoms with Gasteiger partial charge in [-0.2, -0.15) is 0 Å². The van der Waals surface area contributed by atoms with Crippen LogP contribution in [0.1, 0.15) is 42.5 Å². The largest absolute Gasteiger partial charge is 0.355 e. The molecule has 3 rings (SSSR count). The Kier molecular flexibility index (Phi) is 10.2. The maximum absolute atomic E-state index is 14.1. The van der Waals surface area contributed by atoms with Crippen LogP contribution in [0.5, 0.6) is 0 Å². The molecule has 0 radical (unpaired) electrons. The highest BCUT2D eigenvalue weighted by molar-refractivity contribution is 7.92. The summed E-state index contributed by atoms with van der Waals surface area (Å²) in [6.07, 6.45) is 0.343. The van der Waals surface area contributed by atoms with Crippen molar-refractivity contribution in [1.29, 1.82) is 0 Å². The van der Waals surface area contributed by atoms with Gasteiger partial charge in [0, 0.05) is 18.1 Å². The van der Waals surface area contributed by atoms with Gasteiger partial charge >= 0.3 is 0 Å². The molecule has 0 spiro atoms. The van der Waals surface area contributed by atoms with E-state index in [-0.39, 0.29) is 17.3 Å². The molecule has 3 aromatic carbocycles. The van der Waals surface area contributed by atoms with Gasteiger partial charge in [0.15, 0.2) is 0 Å². The van der Waals surface area contributed by atoms with E-state index in [1.54, 1.807) is 67.6 Å². The van der Waals surface area contributed by atoms with Crippen molar-refractivity contribution in [3.8, 4) is 0 Å². The first-order chi connectivity index (χ1) is 18.5. The zero-order valence-corrected chi connectivity index (χ0v) is 24.6. The lowest BCUT2D eigenvalue weighted by Gasteiger charge is -2.33. The molecule has 208 valence electrons. The Morgan fingerprint density at radius 1 is 0.923 bits per heavy atom. The Labute approximate surface area is 236 Å². The summed E-state index contributed by atoms with van der Waals surface area (Å²) in [5.74, 6) is -0.815. The fourth-order valence-electron chi connectivity index (χ4n) is 4.38. The van der Waals surface area contributed by atoms with Gasteiger partial charge in [-0.3, -0.25) is 13.9 Å². The maximum Gasteiger partial charge on any atom is 0.264 e. The van der Waals surface area contributed by atoms with Crippen LogP contribution in [0.3, 0.4) is 0 Å². The minimum absolute atomic E-state index is 0.0549. The quantitative estimate of drug-likeness (QED) is 0.335. The van der Waals surface area contributed by atoms with Gasteiger partial charge in [0.25, 0.3) is 10.0 Å². The number of likely N-dealkylation sites (N-methyl/N-ethyl adjacent to an activating group) is 1. The van der Waals surface area contributed by atoms with Gasteiger partial charge in [-0.1, -0.05) is 66.6 Å². The van der Waals surface area contributed by atoms with E-state index in [0.29, 0.717) is 29.2 Å². The van der Waals surface area contributed by atoms with Gasteiger partial charge in [0.2, 0.25) is 11.8 Å². The Bertz CT molecular complexity index is 1420. The third-order valence-corrected chi connectivity index (χ3v) is 8.91. The van der Waals surface area contributed by atoms with Gasteiger partial charge in [0.1, 0.15) is 12.6 Å². The summed E-state index contributed by atoms with van der Waals surface area (Å²) < 4.78 is 29.2. The van der Waals surface area contributed by atoms with Crippen LogP contribution in [0.2, 0.25) is 5.02 Å². The predicted molar refractivity (Wildman–Crippen MR) is 156 cm³/mol. The smallest absolute Gasteiger partial charge is 0.264 e. The highest BCUT2D eigenvalue weighted by Crippen LogP contribution is 2.29. The Morgan fingerprint density at radius 2 is 1.59 bits per heavy atom. The summed E-state index contributed by atoms with van der Waals surface area (Å²) in [7, 11) is -4.12. The summed E-state index contributed by atoms with van der Waals surface area (Å²) >= 11 is 6.42. The van der Waals surface area contributed by atoms with Gasteiger partial charge in [-0.15, -0.1) is 0 Å². The van der Waals surface area contributed by atoms with Crippen LogP contribution >= 0.6 is 11.6 Å². The zero-order valence-electron chi connectivity index (χ0n) is 23.1. The molecule has 7 nitrogen and oxygen atoms in total. The lowest BCUT2D eigenvalue weighted by atomic mass is 10.1. The number of sulfonamides is 1. The number of hydrogen-bond donors (Lipinski definition) is 1. The summed E-state index contributed by atoms with van der Waals surface area (Å²) in [4.78, 5) is 28.6. The van der Waals surface area contributed by atoms with Crippen molar-refractivity contribution in [3.05, 3.63) is 94.0 Å². The molecule has 3 aromatic rings. The van der Waals surface area contributed by atoms with Crippen LogP contribution in [0.25, 0.3) is 0 Å². The number of halogens is 1. The molecule has 0 aliphatic rings. The number of carbonyl (C=O) groups is 2. The van der Waals surface area contributed by atoms with Gasteiger partial charge < -0.3 is 10.2 Å². The molecule has 0 saturated carbocycles. The second kappa shape index (κ2) is 13.1. The zero-order chi connectivity index (χ0) is 28.7. The van der Waals surface area contributed by atoms with Crippen LogP contribution in [0, 0.1) is 20.8 Å². The van der Waals surface area contributed by atoms with Crippen molar-refractivity contribution in [2.45, 2.75) is 58.5 Å². The van der Waals surface area contributed by atoms with Gasteiger partial charge in [0.05, 0.1) is 10.6 Å². The number of nitrogens with zero attached hydrogens (tertiary/aromatic N) is 2. The SMILES string of the molecule is CCNC(=O)C(CC)N(Cc1ccccc1Cl)C(=O)CN(c1cccc(C)c1C)S(=O)(=O)c1ccc(C)cc1. The lowest BCUT2D eigenvalue weighted by Crippen LogP contribution is -2.52. The highest BCUT2D eigenvalue weighted by atomic mass is 35.5. The lowest BCUT2D eigenvalue weighted by molar-refractivity contribution is -0.140. The number of hydrogen-bond acceptors (Lipinski definition) is 4. The monoisotopic (exact) mass is 569 g/mol. The topological polar surface area (TPSA) is 86.8 Å². The summed E-state index contributed by atoms with van der Waals surface area (Å²) in [6.45, 7) is 9.20. The van der Waals surface area contributed by atoms with Crippen molar-refractivity contribution in [1.82, 2.24) is 10.2 Å². The molecule has 39 heavy (non-hydrogen) atoms. The average molecular weight is 570 g/mol. The molecule has 0 aliphatic carbocycles.